The highest BCUT2D eigenvalue weighted by atomic mass is 79.9. The molecule has 1 aliphatic carbocycles. The zero-order valence-corrected chi connectivity index (χ0v) is 15.6. The average molecular weight is 395 g/mol. The minimum atomic E-state index is -0.568. The van der Waals surface area contributed by atoms with E-state index < -0.39 is 5.54 Å². The standard InChI is InChI=1S/C18H23BrN2O3/c1-11-7-14(5-6-15(11)19)21-9-12(8-16(21)23)17(24)20-18(2,10-22)13-3-4-13/h5-7,12-13,22H,3-4,8-10H2,1-2H3,(H,20,24)/t12-,18+/m1/s1. The van der Waals surface area contributed by atoms with Crippen molar-refractivity contribution in [2.75, 3.05) is 18.1 Å². The summed E-state index contributed by atoms with van der Waals surface area (Å²) in [6.07, 6.45) is 2.28. The SMILES string of the molecule is Cc1cc(N2C[C@H](C(=O)N[C@@](C)(CO)C3CC3)CC2=O)ccc1Br. The van der Waals surface area contributed by atoms with Crippen molar-refractivity contribution >= 4 is 33.4 Å². The summed E-state index contributed by atoms with van der Waals surface area (Å²) in [5.74, 6) is -0.197. The van der Waals surface area contributed by atoms with E-state index in [9.17, 15) is 14.7 Å². The fourth-order valence-corrected chi connectivity index (χ4v) is 3.55. The van der Waals surface area contributed by atoms with Crippen molar-refractivity contribution in [1.29, 1.82) is 0 Å². The third-order valence-corrected chi connectivity index (χ3v) is 6.05. The van der Waals surface area contributed by atoms with Gasteiger partial charge in [0.2, 0.25) is 11.8 Å². The molecule has 0 spiro atoms. The maximum atomic E-state index is 12.6. The number of halogens is 1. The van der Waals surface area contributed by atoms with Gasteiger partial charge in [-0.3, -0.25) is 9.59 Å². The molecule has 2 fully saturated rings. The molecule has 1 saturated heterocycles. The van der Waals surface area contributed by atoms with E-state index in [0.717, 1.165) is 28.6 Å². The van der Waals surface area contributed by atoms with E-state index in [4.69, 9.17) is 0 Å². The van der Waals surface area contributed by atoms with E-state index in [-0.39, 0.29) is 30.8 Å². The first-order valence-corrected chi connectivity index (χ1v) is 9.13. The lowest BCUT2D eigenvalue weighted by molar-refractivity contribution is -0.128. The van der Waals surface area contributed by atoms with Gasteiger partial charge in [-0.15, -0.1) is 0 Å². The van der Waals surface area contributed by atoms with Crippen LogP contribution >= 0.6 is 15.9 Å². The molecule has 6 heteroatoms. The zero-order chi connectivity index (χ0) is 17.5. The molecule has 2 amide bonds. The molecule has 1 aliphatic heterocycles. The predicted molar refractivity (Wildman–Crippen MR) is 95.7 cm³/mol. The number of nitrogens with one attached hydrogen (secondary N) is 1. The van der Waals surface area contributed by atoms with Gasteiger partial charge in [0.1, 0.15) is 0 Å². The van der Waals surface area contributed by atoms with Crippen molar-refractivity contribution in [3.05, 3.63) is 28.2 Å². The number of carbonyl (C=O) groups excluding carboxylic acids is 2. The second kappa shape index (κ2) is 6.48. The molecule has 2 atom stereocenters. The molecular formula is C18H23BrN2O3. The highest BCUT2D eigenvalue weighted by Gasteiger charge is 2.44. The number of aliphatic hydroxyl groups is 1. The number of hydrogen-bond donors (Lipinski definition) is 2. The highest BCUT2D eigenvalue weighted by molar-refractivity contribution is 9.10. The summed E-state index contributed by atoms with van der Waals surface area (Å²) in [4.78, 5) is 26.6. The summed E-state index contributed by atoms with van der Waals surface area (Å²) in [6, 6.07) is 5.75. The number of anilines is 1. The van der Waals surface area contributed by atoms with E-state index >= 15 is 0 Å². The summed E-state index contributed by atoms with van der Waals surface area (Å²) in [5, 5.41) is 12.6. The van der Waals surface area contributed by atoms with Crippen molar-refractivity contribution in [1.82, 2.24) is 5.32 Å². The first kappa shape index (κ1) is 17.4. The van der Waals surface area contributed by atoms with Crippen molar-refractivity contribution in [2.24, 2.45) is 11.8 Å². The predicted octanol–water partition coefficient (Wildman–Crippen LogP) is 2.39. The van der Waals surface area contributed by atoms with E-state index in [2.05, 4.69) is 21.2 Å². The van der Waals surface area contributed by atoms with E-state index in [1.54, 1.807) is 4.90 Å². The number of amides is 2. The lowest BCUT2D eigenvalue weighted by Crippen LogP contribution is -2.52. The smallest absolute Gasteiger partial charge is 0.227 e. The highest BCUT2D eigenvalue weighted by Crippen LogP contribution is 2.39. The van der Waals surface area contributed by atoms with Gasteiger partial charge in [-0.05, 0) is 56.4 Å². The molecule has 1 aromatic rings. The van der Waals surface area contributed by atoms with E-state index in [1.165, 1.54) is 0 Å². The molecule has 3 rings (SSSR count). The van der Waals surface area contributed by atoms with Crippen LogP contribution in [-0.4, -0.2) is 35.6 Å². The number of rotatable bonds is 5. The molecule has 1 heterocycles. The Bertz CT molecular complexity index is 674. The third-order valence-electron chi connectivity index (χ3n) is 5.16. The Morgan fingerprint density at radius 2 is 2.17 bits per heavy atom. The maximum Gasteiger partial charge on any atom is 0.227 e. The summed E-state index contributed by atoms with van der Waals surface area (Å²) >= 11 is 3.46. The number of benzene rings is 1. The van der Waals surface area contributed by atoms with Crippen LogP contribution < -0.4 is 10.2 Å². The summed E-state index contributed by atoms with van der Waals surface area (Å²) < 4.78 is 0.996. The fraction of sp³-hybridized carbons (Fsp3) is 0.556. The minimum absolute atomic E-state index is 0.0333. The Morgan fingerprint density at radius 1 is 1.46 bits per heavy atom. The van der Waals surface area contributed by atoms with Gasteiger partial charge in [0.05, 0.1) is 18.1 Å². The van der Waals surface area contributed by atoms with Gasteiger partial charge in [0.15, 0.2) is 0 Å². The Morgan fingerprint density at radius 3 is 2.75 bits per heavy atom. The molecule has 0 radical (unpaired) electrons. The van der Waals surface area contributed by atoms with Gasteiger partial charge in [0, 0.05) is 23.1 Å². The van der Waals surface area contributed by atoms with Crippen LogP contribution in [0.3, 0.4) is 0 Å². The number of aliphatic hydroxyl groups excluding tert-OH is 1. The Labute approximate surface area is 150 Å². The minimum Gasteiger partial charge on any atom is -0.394 e. The number of hydrogen-bond acceptors (Lipinski definition) is 3. The molecule has 2 N–H and O–H groups in total. The van der Waals surface area contributed by atoms with E-state index in [1.807, 2.05) is 32.0 Å². The second-order valence-corrected chi connectivity index (χ2v) is 8.03. The topological polar surface area (TPSA) is 69.6 Å². The largest absolute Gasteiger partial charge is 0.394 e. The van der Waals surface area contributed by atoms with Crippen LogP contribution in [0, 0.1) is 18.8 Å². The van der Waals surface area contributed by atoms with Crippen molar-refractivity contribution in [3.63, 3.8) is 0 Å². The lowest BCUT2D eigenvalue weighted by atomic mass is 9.95. The molecule has 2 aliphatic rings. The van der Waals surface area contributed by atoms with Crippen LogP contribution in [-0.2, 0) is 9.59 Å². The van der Waals surface area contributed by atoms with Crippen LogP contribution in [0.25, 0.3) is 0 Å². The monoisotopic (exact) mass is 394 g/mol. The Hall–Kier alpha value is -1.40. The Balaban J connectivity index is 1.69. The molecular weight excluding hydrogens is 372 g/mol. The van der Waals surface area contributed by atoms with Gasteiger partial charge in [-0.2, -0.15) is 0 Å². The molecule has 1 aromatic carbocycles. The summed E-state index contributed by atoms with van der Waals surface area (Å²) in [7, 11) is 0. The van der Waals surface area contributed by atoms with Gasteiger partial charge >= 0.3 is 0 Å². The second-order valence-electron chi connectivity index (χ2n) is 7.18. The van der Waals surface area contributed by atoms with Gasteiger partial charge in [0.25, 0.3) is 0 Å². The molecule has 1 saturated carbocycles. The van der Waals surface area contributed by atoms with Crippen molar-refractivity contribution in [3.8, 4) is 0 Å². The van der Waals surface area contributed by atoms with Crippen LogP contribution in [0.1, 0.15) is 31.7 Å². The number of carbonyl (C=O) groups is 2. The van der Waals surface area contributed by atoms with Gasteiger partial charge < -0.3 is 15.3 Å². The normalized spacial score (nSPS) is 23.2. The van der Waals surface area contributed by atoms with E-state index in [0.29, 0.717) is 12.5 Å². The third kappa shape index (κ3) is 3.35. The van der Waals surface area contributed by atoms with Crippen LogP contribution in [0.5, 0.6) is 0 Å². The molecule has 0 bridgehead atoms. The van der Waals surface area contributed by atoms with Crippen molar-refractivity contribution in [2.45, 2.75) is 38.6 Å². The van der Waals surface area contributed by atoms with Gasteiger partial charge in [-0.25, -0.2) is 0 Å². The first-order valence-electron chi connectivity index (χ1n) is 8.33. The lowest BCUT2D eigenvalue weighted by Gasteiger charge is -2.30. The van der Waals surface area contributed by atoms with Crippen molar-refractivity contribution < 1.29 is 14.7 Å². The first-order chi connectivity index (χ1) is 11.3. The Kier molecular flexibility index (Phi) is 4.71. The fourth-order valence-electron chi connectivity index (χ4n) is 3.30. The molecule has 24 heavy (non-hydrogen) atoms. The molecule has 130 valence electrons. The molecule has 0 aromatic heterocycles. The van der Waals surface area contributed by atoms with Crippen LogP contribution in [0.15, 0.2) is 22.7 Å². The zero-order valence-electron chi connectivity index (χ0n) is 14.0. The molecule has 0 unspecified atom stereocenters. The van der Waals surface area contributed by atoms with Crippen LogP contribution in [0.2, 0.25) is 0 Å². The quantitative estimate of drug-likeness (QED) is 0.805. The van der Waals surface area contributed by atoms with Crippen LogP contribution in [0.4, 0.5) is 5.69 Å². The van der Waals surface area contributed by atoms with Gasteiger partial charge in [-0.1, -0.05) is 15.9 Å². The number of nitrogens with zero attached hydrogens (tertiary/aromatic N) is 1. The summed E-state index contributed by atoms with van der Waals surface area (Å²) in [6.45, 7) is 4.17. The average Bonchev–Trinajstić information content (AvgIpc) is 3.33. The molecule has 5 nitrogen and oxygen atoms in total. The number of aryl methyl sites for hydroxylation is 1. The summed E-state index contributed by atoms with van der Waals surface area (Å²) in [5.41, 5.74) is 1.31. The maximum absolute atomic E-state index is 12.6.